The summed E-state index contributed by atoms with van der Waals surface area (Å²) in [6.45, 7) is 4.74. The molecule has 8 nitrogen and oxygen atoms in total. The van der Waals surface area contributed by atoms with Crippen molar-refractivity contribution in [1.82, 2.24) is 9.88 Å². The molecule has 3 aromatic rings. The molecule has 1 aliphatic rings. The number of hydrogen-bond donors (Lipinski definition) is 0. The Kier molecular flexibility index (Phi) is 6.63. The summed E-state index contributed by atoms with van der Waals surface area (Å²) in [4.78, 5) is 40.7. The number of aryl methyl sites for hydroxylation is 1. The van der Waals surface area contributed by atoms with Crippen LogP contribution in [0.3, 0.4) is 0 Å². The van der Waals surface area contributed by atoms with Gasteiger partial charge in [0.05, 0.1) is 23.6 Å². The van der Waals surface area contributed by atoms with E-state index in [2.05, 4.69) is 4.98 Å². The molecule has 1 fully saturated rings. The molecule has 0 spiro atoms. The Balaban J connectivity index is 1.55. The van der Waals surface area contributed by atoms with Gasteiger partial charge in [-0.25, -0.2) is 9.68 Å². The second-order valence-corrected chi connectivity index (χ2v) is 7.93. The number of methoxy groups -OCH3 is 1. The topological polar surface area (TPSA) is 87.2 Å². The molecule has 1 amide bonds. The highest BCUT2D eigenvalue weighted by Crippen LogP contribution is 2.37. The van der Waals surface area contributed by atoms with Crippen LogP contribution in [0.25, 0.3) is 10.9 Å². The van der Waals surface area contributed by atoms with E-state index < -0.39 is 5.97 Å². The minimum absolute atomic E-state index is 0.0284. The van der Waals surface area contributed by atoms with Crippen molar-refractivity contribution in [2.75, 3.05) is 20.2 Å². The van der Waals surface area contributed by atoms with Gasteiger partial charge in [-0.3, -0.25) is 14.7 Å². The summed E-state index contributed by atoms with van der Waals surface area (Å²) in [5, 5.41) is 0.622. The Labute approximate surface area is 191 Å². The van der Waals surface area contributed by atoms with Gasteiger partial charge in [0.15, 0.2) is 17.2 Å². The number of piperidine rings is 1. The first-order valence-corrected chi connectivity index (χ1v) is 10.8. The van der Waals surface area contributed by atoms with Crippen molar-refractivity contribution < 1.29 is 28.8 Å². The van der Waals surface area contributed by atoms with E-state index in [4.69, 9.17) is 19.2 Å². The molecule has 1 aliphatic heterocycles. The maximum absolute atomic E-state index is 12.3. The molecular weight excluding hydrogens is 424 g/mol. The van der Waals surface area contributed by atoms with Crippen LogP contribution < -0.4 is 14.4 Å². The molecule has 2 heterocycles. The first kappa shape index (κ1) is 22.4. The normalized spacial score (nSPS) is 14.1. The smallest absolute Gasteiger partial charge is 0.386 e. The molecule has 0 aliphatic carbocycles. The molecule has 1 aromatic heterocycles. The molecule has 0 N–H and O–H groups in total. The van der Waals surface area contributed by atoms with Crippen molar-refractivity contribution in [2.45, 2.75) is 32.8 Å². The fourth-order valence-electron chi connectivity index (χ4n) is 3.82. The number of carbonyl (C=O) groups is 2. The molecule has 0 bridgehead atoms. The highest BCUT2D eigenvalue weighted by atomic mass is 17.2. The number of benzene rings is 2. The van der Waals surface area contributed by atoms with E-state index in [0.29, 0.717) is 52.5 Å². The van der Waals surface area contributed by atoms with Gasteiger partial charge < -0.3 is 14.4 Å². The van der Waals surface area contributed by atoms with E-state index in [0.717, 1.165) is 12.8 Å². The number of ether oxygens (including phenoxy) is 2. The minimum Gasteiger partial charge on any atom is -0.493 e. The summed E-state index contributed by atoms with van der Waals surface area (Å²) in [7, 11) is 1.56. The second-order valence-electron chi connectivity index (χ2n) is 7.93. The number of pyridine rings is 1. The molecule has 0 saturated carbocycles. The Morgan fingerprint density at radius 2 is 1.73 bits per heavy atom. The van der Waals surface area contributed by atoms with Gasteiger partial charge >= 0.3 is 5.97 Å². The van der Waals surface area contributed by atoms with Gasteiger partial charge in [-0.05, 0) is 25.1 Å². The van der Waals surface area contributed by atoms with Gasteiger partial charge in [-0.1, -0.05) is 18.2 Å². The fraction of sp³-hybridized carbons (Fsp3) is 0.320. The summed E-state index contributed by atoms with van der Waals surface area (Å²) >= 11 is 0. The van der Waals surface area contributed by atoms with Crippen molar-refractivity contribution >= 4 is 22.8 Å². The van der Waals surface area contributed by atoms with E-state index in [9.17, 15) is 9.59 Å². The number of fused-ring (bicyclic) bond motifs is 1. The van der Waals surface area contributed by atoms with Gasteiger partial charge in [0.1, 0.15) is 6.10 Å². The average molecular weight is 450 g/mol. The Hall–Kier alpha value is -3.81. The summed E-state index contributed by atoms with van der Waals surface area (Å²) in [6, 6.07) is 13.9. The predicted molar refractivity (Wildman–Crippen MR) is 121 cm³/mol. The number of likely N-dealkylation sites (tertiary alicyclic amines) is 1. The van der Waals surface area contributed by atoms with Crippen molar-refractivity contribution in [2.24, 2.45) is 0 Å². The predicted octanol–water partition coefficient (Wildman–Crippen LogP) is 4.09. The number of nitrogens with zero attached hydrogens (tertiary/aromatic N) is 2. The molecule has 172 valence electrons. The Morgan fingerprint density at radius 3 is 2.39 bits per heavy atom. The zero-order chi connectivity index (χ0) is 23.4. The summed E-state index contributed by atoms with van der Waals surface area (Å²) < 4.78 is 11.8. The lowest BCUT2D eigenvalue weighted by Crippen LogP contribution is -2.40. The first-order valence-electron chi connectivity index (χ1n) is 10.8. The molecule has 2 aromatic carbocycles. The second kappa shape index (κ2) is 9.77. The monoisotopic (exact) mass is 450 g/mol. The van der Waals surface area contributed by atoms with Crippen molar-refractivity contribution in [1.29, 1.82) is 0 Å². The lowest BCUT2D eigenvalue weighted by atomic mass is 10.1. The van der Waals surface area contributed by atoms with Crippen LogP contribution >= 0.6 is 0 Å². The quantitative estimate of drug-likeness (QED) is 0.413. The van der Waals surface area contributed by atoms with Crippen molar-refractivity contribution in [3.8, 4) is 17.2 Å². The first-order chi connectivity index (χ1) is 15.9. The summed E-state index contributed by atoms with van der Waals surface area (Å²) in [5.74, 6) is 0.915. The largest absolute Gasteiger partial charge is 0.493 e. The zero-order valence-electron chi connectivity index (χ0n) is 18.9. The van der Waals surface area contributed by atoms with E-state index in [1.165, 1.54) is 0 Å². The van der Waals surface area contributed by atoms with E-state index in [1.54, 1.807) is 56.5 Å². The van der Waals surface area contributed by atoms with Gasteiger partial charge in [-0.15, -0.1) is 0 Å². The lowest BCUT2D eigenvalue weighted by Gasteiger charge is -2.31. The highest BCUT2D eigenvalue weighted by molar-refractivity contribution is 5.90. The van der Waals surface area contributed by atoms with Crippen molar-refractivity contribution in [3.63, 3.8) is 0 Å². The van der Waals surface area contributed by atoms with Gasteiger partial charge in [0.25, 0.3) is 0 Å². The number of amides is 1. The third-order valence-corrected chi connectivity index (χ3v) is 5.58. The van der Waals surface area contributed by atoms with E-state index >= 15 is 0 Å². The SMILES string of the molecule is COc1cc2c(OOC(=O)c3ccccc3)cc(C)nc2cc1OC1CCN(C(C)=O)CC1. The van der Waals surface area contributed by atoms with Gasteiger partial charge in [0.2, 0.25) is 5.91 Å². The Morgan fingerprint density at radius 1 is 1.00 bits per heavy atom. The minimum atomic E-state index is -0.595. The average Bonchev–Trinajstić information content (AvgIpc) is 2.82. The van der Waals surface area contributed by atoms with Crippen LogP contribution in [-0.4, -0.2) is 48.1 Å². The Bertz CT molecular complexity index is 1160. The molecule has 8 heteroatoms. The van der Waals surface area contributed by atoms with Crippen LogP contribution in [0.15, 0.2) is 48.5 Å². The summed E-state index contributed by atoms with van der Waals surface area (Å²) in [5.41, 5.74) is 1.70. The highest BCUT2D eigenvalue weighted by Gasteiger charge is 2.24. The van der Waals surface area contributed by atoms with Crippen LogP contribution in [0.2, 0.25) is 0 Å². The van der Waals surface area contributed by atoms with E-state index in [-0.39, 0.29) is 12.0 Å². The molecule has 0 atom stereocenters. The number of rotatable bonds is 6. The molecule has 0 unspecified atom stereocenters. The standard InChI is InChI=1S/C25H26N2O6/c1-16-13-22(32-33-25(29)18-7-5-4-6-8-18)20-14-23(30-3)24(15-21(20)26-16)31-19-9-11-27(12-10-19)17(2)28/h4-8,13-15,19H,9-12H2,1-3H3. The third-order valence-electron chi connectivity index (χ3n) is 5.58. The number of carbonyl (C=O) groups excluding carboxylic acids is 2. The van der Waals surface area contributed by atoms with Crippen molar-refractivity contribution in [3.05, 3.63) is 59.8 Å². The van der Waals surface area contributed by atoms with Gasteiger partial charge in [-0.2, -0.15) is 0 Å². The number of aromatic nitrogens is 1. The number of hydrogen-bond acceptors (Lipinski definition) is 7. The van der Waals surface area contributed by atoms with Crippen LogP contribution in [0.1, 0.15) is 35.8 Å². The van der Waals surface area contributed by atoms with Crippen LogP contribution in [0.4, 0.5) is 0 Å². The molecule has 1 saturated heterocycles. The zero-order valence-corrected chi connectivity index (χ0v) is 18.9. The molecule has 4 rings (SSSR count). The van der Waals surface area contributed by atoms with Crippen LogP contribution in [0, 0.1) is 6.92 Å². The third kappa shape index (κ3) is 5.16. The maximum atomic E-state index is 12.3. The van der Waals surface area contributed by atoms with Gasteiger partial charge in [0, 0.05) is 50.7 Å². The summed E-state index contributed by atoms with van der Waals surface area (Å²) in [6.07, 6.45) is 1.46. The molecular formula is C25H26N2O6. The molecule has 33 heavy (non-hydrogen) atoms. The van der Waals surface area contributed by atoms with Crippen LogP contribution in [0.5, 0.6) is 17.2 Å². The van der Waals surface area contributed by atoms with E-state index in [1.807, 2.05) is 17.9 Å². The van der Waals surface area contributed by atoms with Crippen LogP contribution in [-0.2, 0) is 9.68 Å². The lowest BCUT2D eigenvalue weighted by molar-refractivity contribution is -0.148. The fourth-order valence-corrected chi connectivity index (χ4v) is 3.82. The molecule has 0 radical (unpaired) electrons. The maximum Gasteiger partial charge on any atom is 0.386 e.